The van der Waals surface area contributed by atoms with Crippen molar-refractivity contribution in [2.75, 3.05) is 33.3 Å². The molecule has 0 aliphatic carbocycles. The predicted molar refractivity (Wildman–Crippen MR) is 110 cm³/mol. The Bertz CT molecular complexity index is 795. The number of epoxide rings is 1. The first-order valence-corrected chi connectivity index (χ1v) is 10.6. The molecule has 0 aromatic heterocycles. The first kappa shape index (κ1) is 26.6. The van der Waals surface area contributed by atoms with E-state index in [1.165, 1.54) is 5.56 Å². The van der Waals surface area contributed by atoms with Crippen molar-refractivity contribution in [3.05, 3.63) is 29.8 Å². The van der Waals surface area contributed by atoms with Gasteiger partial charge in [0.1, 0.15) is 17.9 Å². The van der Waals surface area contributed by atoms with Gasteiger partial charge in [0.2, 0.25) is 5.91 Å². The Balaban J connectivity index is 0.00000363. The molecule has 2 aliphatic rings. The normalized spacial score (nSPS) is 21.4. The molecule has 170 valence electrons. The number of hydrogen-bond acceptors (Lipinski definition) is 7. The van der Waals surface area contributed by atoms with Crippen LogP contribution in [0.4, 0.5) is 0 Å². The van der Waals surface area contributed by atoms with Gasteiger partial charge in [-0.2, -0.15) is 0 Å². The number of aliphatic carboxylic acids is 1. The first-order valence-electron chi connectivity index (χ1n) is 10.6. The van der Waals surface area contributed by atoms with E-state index in [1.54, 1.807) is 12.0 Å². The fourth-order valence-electron chi connectivity index (χ4n) is 3.77. The van der Waals surface area contributed by atoms with E-state index in [0.717, 1.165) is 25.4 Å². The molecular formula is C22H30N3NaO6. The number of carbonyl (C=O) groups excluding carboxylic acids is 3. The Labute approximate surface area is 210 Å². The van der Waals surface area contributed by atoms with Crippen molar-refractivity contribution < 1.29 is 58.5 Å². The van der Waals surface area contributed by atoms with Gasteiger partial charge in [-0.25, -0.2) is 0 Å². The minimum atomic E-state index is -1.42. The number of carboxylic acid groups (broad SMARTS) is 1. The van der Waals surface area contributed by atoms with Gasteiger partial charge in [0.15, 0.2) is 6.10 Å². The summed E-state index contributed by atoms with van der Waals surface area (Å²) in [5.41, 5.74) is 1.18. The topological polar surface area (TPSA) is 115 Å². The maximum Gasteiger partial charge on any atom is 1.00 e. The number of carboxylic acids is 1. The van der Waals surface area contributed by atoms with E-state index in [1.807, 2.05) is 38.1 Å². The minimum absolute atomic E-state index is 0. The molecule has 0 radical (unpaired) electrons. The van der Waals surface area contributed by atoms with Crippen LogP contribution in [0.3, 0.4) is 0 Å². The van der Waals surface area contributed by atoms with Crippen molar-refractivity contribution in [1.82, 2.24) is 15.1 Å². The van der Waals surface area contributed by atoms with E-state index >= 15 is 0 Å². The van der Waals surface area contributed by atoms with Gasteiger partial charge in [-0.1, -0.05) is 26.0 Å². The summed E-state index contributed by atoms with van der Waals surface area (Å²) in [5, 5.41) is 13.5. The quantitative estimate of drug-likeness (QED) is 0.302. The number of benzene rings is 1. The monoisotopic (exact) mass is 455 g/mol. The minimum Gasteiger partial charge on any atom is -0.547 e. The molecule has 9 nitrogen and oxygen atoms in total. The molecule has 0 bridgehead atoms. The molecule has 1 aromatic rings. The largest absolute Gasteiger partial charge is 1.00 e. The van der Waals surface area contributed by atoms with E-state index < -0.39 is 30.1 Å². The third kappa shape index (κ3) is 7.18. The van der Waals surface area contributed by atoms with Crippen molar-refractivity contribution in [3.8, 4) is 5.75 Å². The van der Waals surface area contributed by atoms with E-state index in [2.05, 4.69) is 10.2 Å². The molecule has 2 unspecified atom stereocenters. The zero-order valence-corrected chi connectivity index (χ0v) is 21.2. The van der Waals surface area contributed by atoms with Crippen LogP contribution < -0.4 is 44.7 Å². The number of rotatable bonds is 9. The Hall–Kier alpha value is -1.65. The van der Waals surface area contributed by atoms with Crippen LogP contribution >= 0.6 is 0 Å². The van der Waals surface area contributed by atoms with Crippen molar-refractivity contribution in [2.24, 2.45) is 5.92 Å². The van der Waals surface area contributed by atoms with Crippen LogP contribution in [-0.4, -0.2) is 79.1 Å². The summed E-state index contributed by atoms with van der Waals surface area (Å²) in [6, 6.07) is 7.23. The number of carbonyl (C=O) groups is 3. The number of amides is 2. The zero-order chi connectivity index (χ0) is 22.5. The molecule has 2 amide bonds. The average molecular weight is 455 g/mol. The van der Waals surface area contributed by atoms with Crippen molar-refractivity contribution in [1.29, 1.82) is 0 Å². The number of nitrogens with zero attached hydrogens (tertiary/aromatic N) is 2. The van der Waals surface area contributed by atoms with Gasteiger partial charge in [0, 0.05) is 32.7 Å². The molecule has 0 spiro atoms. The molecule has 2 aliphatic heterocycles. The zero-order valence-electron chi connectivity index (χ0n) is 19.2. The smallest absolute Gasteiger partial charge is 0.547 e. The van der Waals surface area contributed by atoms with Crippen molar-refractivity contribution in [3.63, 3.8) is 0 Å². The molecule has 3 rings (SSSR count). The van der Waals surface area contributed by atoms with Crippen LogP contribution in [-0.2, 0) is 25.7 Å². The third-order valence-corrected chi connectivity index (χ3v) is 5.55. The maximum absolute atomic E-state index is 13.1. The van der Waals surface area contributed by atoms with E-state index in [9.17, 15) is 19.5 Å². The van der Waals surface area contributed by atoms with Crippen LogP contribution in [0.25, 0.3) is 0 Å². The SMILES string of the molecule is COc1ccc(CN2CCN(C(=O)[C@H](CC(C)C)NC(=O)C3OC3C(=O)[O-])CC2)cc1.[Na+]. The number of hydrogen-bond donors (Lipinski definition) is 1. The molecule has 3 atom stereocenters. The number of methoxy groups -OCH3 is 1. The van der Waals surface area contributed by atoms with Gasteiger partial charge < -0.3 is 29.6 Å². The number of piperazine rings is 1. The van der Waals surface area contributed by atoms with Crippen molar-refractivity contribution in [2.45, 2.75) is 45.1 Å². The third-order valence-electron chi connectivity index (χ3n) is 5.55. The second-order valence-electron chi connectivity index (χ2n) is 8.44. The van der Waals surface area contributed by atoms with E-state index in [0.29, 0.717) is 19.5 Å². The van der Waals surface area contributed by atoms with E-state index in [-0.39, 0.29) is 41.4 Å². The molecule has 10 heteroatoms. The Morgan fingerprint density at radius 3 is 2.25 bits per heavy atom. The van der Waals surface area contributed by atoms with Gasteiger partial charge in [-0.05, 0) is 30.0 Å². The summed E-state index contributed by atoms with van der Waals surface area (Å²) in [6.45, 7) is 7.34. The predicted octanol–water partition coefficient (Wildman–Crippen LogP) is -3.61. The molecule has 0 saturated carbocycles. The first-order chi connectivity index (χ1) is 14.8. The molecule has 2 heterocycles. The van der Waals surface area contributed by atoms with Crippen LogP contribution in [0.2, 0.25) is 0 Å². The van der Waals surface area contributed by atoms with Gasteiger partial charge in [0.25, 0.3) is 5.91 Å². The average Bonchev–Trinajstić information content (AvgIpc) is 3.55. The van der Waals surface area contributed by atoms with Crippen LogP contribution in [0, 0.1) is 5.92 Å². The second kappa shape index (κ2) is 12.0. The summed E-state index contributed by atoms with van der Waals surface area (Å²) >= 11 is 0. The molecule has 32 heavy (non-hydrogen) atoms. The van der Waals surface area contributed by atoms with Gasteiger partial charge in [0.05, 0.1) is 13.1 Å². The van der Waals surface area contributed by atoms with Gasteiger partial charge in [-0.3, -0.25) is 14.5 Å². The molecule has 2 saturated heterocycles. The Morgan fingerprint density at radius 2 is 1.75 bits per heavy atom. The summed E-state index contributed by atoms with van der Waals surface area (Å²) in [7, 11) is 1.64. The fraction of sp³-hybridized carbons (Fsp3) is 0.591. The summed E-state index contributed by atoms with van der Waals surface area (Å²) < 4.78 is 10.0. The van der Waals surface area contributed by atoms with Gasteiger partial charge >= 0.3 is 29.6 Å². The maximum atomic E-state index is 13.1. The summed E-state index contributed by atoms with van der Waals surface area (Å²) in [4.78, 5) is 40.2. The summed E-state index contributed by atoms with van der Waals surface area (Å²) in [6.07, 6.45) is -1.83. The Morgan fingerprint density at radius 1 is 1.12 bits per heavy atom. The Kier molecular flexibility index (Phi) is 9.97. The van der Waals surface area contributed by atoms with Crippen LogP contribution in [0.5, 0.6) is 5.75 Å². The standard InChI is InChI=1S/C22H31N3O6.Na/c1-14(2)12-17(23-20(26)18-19(31-18)22(28)29)21(27)25-10-8-24(9-11-25)13-15-4-6-16(30-3)7-5-15;/h4-7,14,17-19H,8-13H2,1-3H3,(H,23,26)(H,28,29);/q;+1/p-1/t17-,18?,19?;/m0./s1. The van der Waals surface area contributed by atoms with Crippen molar-refractivity contribution >= 4 is 17.8 Å². The fourth-order valence-corrected chi connectivity index (χ4v) is 3.77. The second-order valence-corrected chi connectivity index (χ2v) is 8.44. The summed E-state index contributed by atoms with van der Waals surface area (Å²) in [5.74, 6) is -1.13. The number of nitrogens with one attached hydrogen (secondary N) is 1. The molecule has 1 N–H and O–H groups in total. The van der Waals surface area contributed by atoms with E-state index in [4.69, 9.17) is 9.47 Å². The number of ether oxygens (including phenoxy) is 2. The molecular weight excluding hydrogens is 425 g/mol. The van der Waals surface area contributed by atoms with Gasteiger partial charge in [-0.15, -0.1) is 0 Å². The molecule has 1 aromatic carbocycles. The van der Waals surface area contributed by atoms with Crippen LogP contribution in [0.1, 0.15) is 25.8 Å². The molecule has 2 fully saturated rings. The van der Waals surface area contributed by atoms with Crippen LogP contribution in [0.15, 0.2) is 24.3 Å².